The number of aromatic nitrogens is 2. The van der Waals surface area contributed by atoms with Crippen LogP contribution in [0.15, 0.2) is 58.9 Å². The summed E-state index contributed by atoms with van der Waals surface area (Å²) in [5, 5.41) is 25.9. The Morgan fingerprint density at radius 2 is 1.95 bits per heavy atom. The van der Waals surface area contributed by atoms with Crippen molar-refractivity contribution in [3.05, 3.63) is 76.5 Å². The molecule has 1 fully saturated rings. The molecule has 0 unspecified atom stereocenters. The van der Waals surface area contributed by atoms with Gasteiger partial charge in [0.25, 0.3) is 0 Å². The number of nitrogen functional groups attached to an aromatic ring is 1. The van der Waals surface area contributed by atoms with Crippen LogP contribution in [0.25, 0.3) is 11.1 Å². The minimum Gasteiger partial charge on any atom is -0.491 e. The molecule has 0 spiro atoms. The largest absolute Gasteiger partial charge is 0.491 e. The van der Waals surface area contributed by atoms with Crippen molar-refractivity contribution in [1.29, 1.82) is 10.5 Å². The predicted octanol–water partition coefficient (Wildman–Crippen LogP) is 6.24. The maximum Gasteiger partial charge on any atom is 0.187 e. The summed E-state index contributed by atoms with van der Waals surface area (Å²) in [6, 6.07) is 17.5. The van der Waals surface area contributed by atoms with Crippen molar-refractivity contribution in [1.82, 2.24) is 9.97 Å². The highest BCUT2D eigenvalue weighted by molar-refractivity contribution is 7.98. The van der Waals surface area contributed by atoms with Gasteiger partial charge in [0.05, 0.1) is 17.9 Å². The van der Waals surface area contributed by atoms with Crippen molar-refractivity contribution in [2.24, 2.45) is 0 Å². The number of rotatable bonds is 9. The Kier molecular flexibility index (Phi) is 8.38. The van der Waals surface area contributed by atoms with Crippen LogP contribution in [0.4, 0.5) is 21.0 Å². The maximum atomic E-state index is 13.5. The van der Waals surface area contributed by atoms with E-state index in [-0.39, 0.29) is 28.9 Å². The minimum absolute atomic E-state index is 0.0389. The first-order valence-corrected chi connectivity index (χ1v) is 14.4. The number of halogens is 1. The second-order valence-corrected chi connectivity index (χ2v) is 11.3. The zero-order chi connectivity index (χ0) is 29.0. The van der Waals surface area contributed by atoms with Crippen LogP contribution in [-0.4, -0.2) is 35.1 Å². The molecular formula is C29H25FN6O3S2. The van der Waals surface area contributed by atoms with Crippen LogP contribution in [0.5, 0.6) is 5.75 Å². The highest BCUT2D eigenvalue weighted by Crippen LogP contribution is 2.37. The lowest BCUT2D eigenvalue weighted by Crippen LogP contribution is -2.25. The Morgan fingerprint density at radius 3 is 2.63 bits per heavy atom. The van der Waals surface area contributed by atoms with Crippen LogP contribution in [0.1, 0.15) is 30.7 Å². The minimum atomic E-state index is -0.627. The van der Waals surface area contributed by atoms with Gasteiger partial charge < -0.3 is 25.3 Å². The smallest absolute Gasteiger partial charge is 0.187 e. The zero-order valence-corrected chi connectivity index (χ0v) is 23.8. The molecule has 9 nitrogen and oxygen atoms in total. The normalized spacial score (nSPS) is 15.7. The number of benzene rings is 2. The molecule has 208 valence electrons. The fourth-order valence-electron chi connectivity index (χ4n) is 4.21. The first kappa shape index (κ1) is 28.3. The van der Waals surface area contributed by atoms with E-state index in [1.54, 1.807) is 36.4 Å². The second kappa shape index (κ2) is 12.1. The van der Waals surface area contributed by atoms with Gasteiger partial charge in [-0.15, -0.1) is 11.3 Å². The molecule has 12 heteroatoms. The SMILES string of the molecule is CC1(C)OC[C@H](COc2ccc(-c3c(C#N)c(N)nc(SCc4csc(Nc5cccc(F)c5)n4)c3C#N)cc2)O1. The lowest BCUT2D eigenvalue weighted by molar-refractivity contribution is -0.141. The number of ether oxygens (including phenoxy) is 3. The number of hydrogen-bond acceptors (Lipinski definition) is 11. The van der Waals surface area contributed by atoms with E-state index in [1.807, 2.05) is 19.2 Å². The molecule has 1 saturated heterocycles. The maximum absolute atomic E-state index is 13.5. The molecular weight excluding hydrogens is 563 g/mol. The Bertz CT molecular complexity index is 1650. The summed E-state index contributed by atoms with van der Waals surface area (Å²) < 4.78 is 30.7. The van der Waals surface area contributed by atoms with Crippen molar-refractivity contribution in [3.63, 3.8) is 0 Å². The standard InChI is InChI=1S/C29H25FN6O3S2/c1-29(2)38-14-22(39-29)13-37-21-8-6-17(7-9-21)25-23(11-31)26(33)36-27(24(25)12-32)40-15-20-16-41-28(35-20)34-19-5-3-4-18(30)10-19/h3-10,16,22H,13-15H2,1-2H3,(H2,33,36)(H,34,35)/t22-/m0/s1. The summed E-state index contributed by atoms with van der Waals surface area (Å²) in [5.74, 6) is 0.0907. The number of nitrogens with two attached hydrogens (primary N) is 1. The Morgan fingerprint density at radius 1 is 1.17 bits per heavy atom. The molecule has 41 heavy (non-hydrogen) atoms. The van der Waals surface area contributed by atoms with Gasteiger partial charge >= 0.3 is 0 Å². The third-order valence-corrected chi connectivity index (χ3v) is 7.86. The van der Waals surface area contributed by atoms with Gasteiger partial charge in [0.15, 0.2) is 10.9 Å². The molecule has 1 aliphatic heterocycles. The fraction of sp³-hybridized carbons (Fsp3) is 0.241. The predicted molar refractivity (Wildman–Crippen MR) is 155 cm³/mol. The average molecular weight is 589 g/mol. The van der Waals surface area contributed by atoms with Crippen molar-refractivity contribution < 1.29 is 18.6 Å². The average Bonchev–Trinajstić information content (AvgIpc) is 3.55. The van der Waals surface area contributed by atoms with Gasteiger partial charge in [-0.05, 0) is 49.7 Å². The quantitative estimate of drug-likeness (QED) is 0.216. The molecule has 1 atom stereocenters. The monoisotopic (exact) mass is 588 g/mol. The van der Waals surface area contributed by atoms with Gasteiger partial charge in [-0.3, -0.25) is 0 Å². The first-order valence-electron chi connectivity index (χ1n) is 12.5. The Balaban J connectivity index is 1.32. The number of thiazole rings is 1. The van der Waals surface area contributed by atoms with Crippen molar-refractivity contribution in [2.75, 3.05) is 24.3 Å². The van der Waals surface area contributed by atoms with E-state index < -0.39 is 5.79 Å². The fourth-order valence-corrected chi connectivity index (χ4v) is 5.93. The number of anilines is 3. The molecule has 1 aliphatic rings. The van der Waals surface area contributed by atoms with Crippen LogP contribution >= 0.6 is 23.1 Å². The number of nitrogens with zero attached hydrogens (tertiary/aromatic N) is 4. The molecule has 2 aromatic carbocycles. The number of pyridine rings is 1. The zero-order valence-electron chi connectivity index (χ0n) is 22.2. The molecule has 2 aromatic heterocycles. The van der Waals surface area contributed by atoms with Gasteiger partial charge in [0.1, 0.15) is 52.8 Å². The molecule has 5 rings (SSSR count). The van der Waals surface area contributed by atoms with Crippen LogP contribution in [0, 0.1) is 28.5 Å². The first-order chi connectivity index (χ1) is 19.7. The van der Waals surface area contributed by atoms with E-state index in [1.165, 1.54) is 35.2 Å². The molecule has 3 heterocycles. The van der Waals surface area contributed by atoms with E-state index in [0.717, 1.165) is 5.69 Å². The number of hydrogen-bond donors (Lipinski definition) is 2. The third-order valence-electron chi connectivity index (χ3n) is 6.05. The second-order valence-electron chi connectivity index (χ2n) is 9.50. The van der Waals surface area contributed by atoms with Crippen molar-refractivity contribution >= 4 is 39.7 Å². The summed E-state index contributed by atoms with van der Waals surface area (Å²) in [6.45, 7) is 4.49. The van der Waals surface area contributed by atoms with E-state index in [2.05, 4.69) is 27.4 Å². The molecule has 3 N–H and O–H groups in total. The van der Waals surface area contributed by atoms with Gasteiger partial charge in [-0.25, -0.2) is 14.4 Å². The van der Waals surface area contributed by atoms with E-state index >= 15 is 0 Å². The molecule has 0 bridgehead atoms. The van der Waals surface area contributed by atoms with Crippen LogP contribution in [0.3, 0.4) is 0 Å². The third kappa shape index (κ3) is 6.76. The Hall–Kier alpha value is -4.20. The highest BCUT2D eigenvalue weighted by Gasteiger charge is 2.33. The molecule has 0 saturated carbocycles. The summed E-state index contributed by atoms with van der Waals surface area (Å²) >= 11 is 2.68. The molecule has 0 aliphatic carbocycles. The highest BCUT2D eigenvalue weighted by atomic mass is 32.2. The van der Waals surface area contributed by atoms with E-state index in [9.17, 15) is 14.9 Å². The lowest BCUT2D eigenvalue weighted by Gasteiger charge is -2.17. The van der Waals surface area contributed by atoms with E-state index in [4.69, 9.17) is 19.9 Å². The molecule has 0 amide bonds. The van der Waals surface area contributed by atoms with Crippen molar-refractivity contribution in [2.45, 2.75) is 36.5 Å². The van der Waals surface area contributed by atoms with Crippen LogP contribution in [-0.2, 0) is 15.2 Å². The summed E-state index contributed by atoms with van der Waals surface area (Å²) in [6.07, 6.45) is -0.175. The summed E-state index contributed by atoms with van der Waals surface area (Å²) in [5.41, 5.74) is 8.95. The van der Waals surface area contributed by atoms with Crippen molar-refractivity contribution in [3.8, 4) is 29.0 Å². The van der Waals surface area contributed by atoms with Gasteiger partial charge in [-0.2, -0.15) is 10.5 Å². The summed E-state index contributed by atoms with van der Waals surface area (Å²) in [4.78, 5) is 8.91. The van der Waals surface area contributed by atoms with Gasteiger partial charge in [0.2, 0.25) is 0 Å². The topological polar surface area (TPSA) is 139 Å². The van der Waals surface area contributed by atoms with E-state index in [0.29, 0.717) is 51.7 Å². The Labute approximate surface area is 244 Å². The lowest BCUT2D eigenvalue weighted by atomic mass is 9.97. The van der Waals surface area contributed by atoms with Gasteiger partial charge in [-0.1, -0.05) is 30.0 Å². The number of nitriles is 2. The molecule has 4 aromatic rings. The molecule has 0 radical (unpaired) electrons. The van der Waals surface area contributed by atoms with Gasteiger partial charge in [0, 0.05) is 22.4 Å². The van der Waals surface area contributed by atoms with Crippen LogP contribution in [0.2, 0.25) is 0 Å². The summed E-state index contributed by atoms with van der Waals surface area (Å²) in [7, 11) is 0. The van der Waals surface area contributed by atoms with Crippen LogP contribution < -0.4 is 15.8 Å². The number of nitrogens with one attached hydrogen (secondary N) is 1. The number of thioether (sulfide) groups is 1.